The van der Waals surface area contributed by atoms with E-state index in [9.17, 15) is 0 Å². The number of furan rings is 2. The van der Waals surface area contributed by atoms with Crippen LogP contribution < -0.4 is 0 Å². The highest BCUT2D eigenvalue weighted by atomic mass is 16.3. The minimum absolute atomic E-state index is 0.676. The van der Waals surface area contributed by atoms with Gasteiger partial charge in [-0.2, -0.15) is 0 Å². The summed E-state index contributed by atoms with van der Waals surface area (Å²) >= 11 is 0. The van der Waals surface area contributed by atoms with Gasteiger partial charge in [-0.05, 0) is 71.5 Å². The highest BCUT2D eigenvalue weighted by molar-refractivity contribution is 6.25. The van der Waals surface area contributed by atoms with Gasteiger partial charge in [-0.3, -0.25) is 0 Å². The second kappa shape index (κ2) is 16.3. The summed E-state index contributed by atoms with van der Waals surface area (Å²) in [5, 5.41) is 7.91. The molecule has 13 aromatic rings. The topological polar surface area (TPSA) is 65.0 Å². The molecule has 14 rings (SSSR count). The first-order chi connectivity index (χ1) is 34.7. The summed E-state index contributed by atoms with van der Waals surface area (Å²) in [5.41, 5.74) is 17.9. The molecule has 0 saturated heterocycles. The van der Waals surface area contributed by atoms with Gasteiger partial charge < -0.3 is 8.83 Å². The molecule has 0 fully saturated rings. The summed E-state index contributed by atoms with van der Waals surface area (Å²) < 4.78 is 13.0. The van der Waals surface area contributed by atoms with E-state index in [1.807, 2.05) is 36.4 Å². The van der Waals surface area contributed by atoms with E-state index < -0.39 is 0 Å². The number of nitrogens with zero attached hydrogens (tertiary/aromatic N) is 3. The Kier molecular flexibility index (Phi) is 9.27. The predicted molar refractivity (Wildman–Crippen MR) is 288 cm³/mol. The van der Waals surface area contributed by atoms with Crippen LogP contribution in [0.5, 0.6) is 0 Å². The van der Waals surface area contributed by atoms with Gasteiger partial charge in [0.05, 0.1) is 22.6 Å². The molecule has 0 spiro atoms. The molecule has 0 unspecified atom stereocenters. The number of pyridine rings is 1. The first kappa shape index (κ1) is 39.9. The standard InChI is InChI=1S/C65H41N3O2/c1-3-15-44(16-4-1)60-61-51-22-7-10-26-54(51)66-63(53(61)38-59-62(60)52-23-9-12-28-58(52)69-59)47-20-13-19-46(37-47)40-29-33-42(34-30-40)55-39-56(68-65(67-55)45-17-5-2-6-18-45)43-35-31-41(32-36-43)48-24-14-25-50-49-21-8-11-27-57(49)70-64(48)50/h2-3,5-39H,1,4H2. The summed E-state index contributed by atoms with van der Waals surface area (Å²) in [7, 11) is 0. The van der Waals surface area contributed by atoms with Crippen molar-refractivity contribution in [2.24, 2.45) is 0 Å². The van der Waals surface area contributed by atoms with Crippen LogP contribution in [0.1, 0.15) is 18.4 Å². The van der Waals surface area contributed by atoms with E-state index in [-0.39, 0.29) is 0 Å². The van der Waals surface area contributed by atoms with Crippen molar-refractivity contribution < 1.29 is 8.83 Å². The van der Waals surface area contributed by atoms with Gasteiger partial charge in [0, 0.05) is 71.1 Å². The second-order valence-electron chi connectivity index (χ2n) is 18.1. The van der Waals surface area contributed by atoms with Crippen LogP contribution in [-0.2, 0) is 0 Å². The van der Waals surface area contributed by atoms with E-state index in [2.05, 4.69) is 188 Å². The molecule has 0 N–H and O–H groups in total. The zero-order valence-electron chi connectivity index (χ0n) is 37.9. The molecule has 0 aliphatic heterocycles. The summed E-state index contributed by atoms with van der Waals surface area (Å²) in [6.07, 6.45) is 8.99. The normalized spacial score (nSPS) is 12.8. The van der Waals surface area contributed by atoms with Gasteiger partial charge in [0.15, 0.2) is 5.82 Å². The van der Waals surface area contributed by atoms with Crippen LogP contribution in [0.4, 0.5) is 0 Å². The van der Waals surface area contributed by atoms with Gasteiger partial charge in [-0.25, -0.2) is 15.0 Å². The van der Waals surface area contributed by atoms with Crippen molar-refractivity contribution in [3.63, 3.8) is 0 Å². The van der Waals surface area contributed by atoms with Crippen LogP contribution in [-0.4, -0.2) is 15.0 Å². The molecular weight excluding hydrogens is 855 g/mol. The second-order valence-corrected chi connectivity index (χ2v) is 18.1. The minimum atomic E-state index is 0.676. The van der Waals surface area contributed by atoms with Crippen molar-refractivity contribution in [1.29, 1.82) is 0 Å². The number of hydrogen-bond donors (Lipinski definition) is 0. The summed E-state index contributed by atoms with van der Waals surface area (Å²) in [5.74, 6) is 0.676. The molecule has 0 bridgehead atoms. The fourth-order valence-corrected chi connectivity index (χ4v) is 10.6. The molecule has 9 aromatic carbocycles. The Bertz CT molecular complexity index is 4270. The average molecular weight is 896 g/mol. The molecule has 1 aliphatic carbocycles. The fourth-order valence-electron chi connectivity index (χ4n) is 10.6. The Hall–Kier alpha value is -9.19. The highest BCUT2D eigenvalue weighted by Crippen LogP contribution is 2.46. The SMILES string of the molecule is C1=CC(c2c3c(cc4c(-c5cccc(-c6ccc(-c7cc(-c8ccc(-c9cccc%10c9oc9ccccc9%10)cc8)nc(-c8ccccc8)n7)cc6)c5)nc5ccccc5c24)oc2ccccc23)=CCC1. The number of allylic oxidation sites excluding steroid dienone is 4. The molecule has 4 aromatic heterocycles. The molecule has 0 amide bonds. The van der Waals surface area contributed by atoms with Crippen LogP contribution in [0, 0.1) is 0 Å². The molecule has 5 nitrogen and oxygen atoms in total. The van der Waals surface area contributed by atoms with Gasteiger partial charge in [-0.15, -0.1) is 0 Å². The fraction of sp³-hybridized carbons (Fsp3) is 0.0308. The maximum absolute atomic E-state index is 6.65. The summed E-state index contributed by atoms with van der Waals surface area (Å²) in [6.45, 7) is 0. The molecule has 0 saturated carbocycles. The number of fused-ring (bicyclic) bond motifs is 9. The van der Waals surface area contributed by atoms with Crippen LogP contribution in [0.3, 0.4) is 0 Å². The quantitative estimate of drug-likeness (QED) is 0.149. The van der Waals surface area contributed by atoms with Gasteiger partial charge >= 0.3 is 0 Å². The largest absolute Gasteiger partial charge is 0.456 e. The van der Waals surface area contributed by atoms with E-state index >= 15 is 0 Å². The third-order valence-corrected chi connectivity index (χ3v) is 13.9. The molecule has 70 heavy (non-hydrogen) atoms. The molecule has 5 heteroatoms. The van der Waals surface area contributed by atoms with Crippen LogP contribution in [0.25, 0.3) is 139 Å². The van der Waals surface area contributed by atoms with Gasteiger partial charge in [0.2, 0.25) is 0 Å². The van der Waals surface area contributed by atoms with E-state index in [4.69, 9.17) is 23.8 Å². The minimum Gasteiger partial charge on any atom is -0.456 e. The summed E-state index contributed by atoms with van der Waals surface area (Å²) in [6, 6.07) is 72.1. The van der Waals surface area contributed by atoms with Crippen molar-refractivity contribution in [2.45, 2.75) is 12.8 Å². The Balaban J connectivity index is 0.851. The maximum atomic E-state index is 6.65. The van der Waals surface area contributed by atoms with E-state index in [1.54, 1.807) is 0 Å². The third-order valence-electron chi connectivity index (χ3n) is 13.9. The average Bonchev–Trinajstić information content (AvgIpc) is 4.01. The smallest absolute Gasteiger partial charge is 0.160 e. The van der Waals surface area contributed by atoms with Gasteiger partial charge in [-0.1, -0.05) is 188 Å². The molecule has 1 aliphatic rings. The van der Waals surface area contributed by atoms with Crippen molar-refractivity contribution in [3.8, 4) is 67.4 Å². The third kappa shape index (κ3) is 6.66. The van der Waals surface area contributed by atoms with E-state index in [0.29, 0.717) is 5.82 Å². The van der Waals surface area contributed by atoms with Crippen molar-refractivity contribution >= 4 is 71.1 Å². The molecule has 0 radical (unpaired) electrons. The molecular formula is C65H41N3O2. The Morgan fingerprint density at radius 1 is 0.371 bits per heavy atom. The number of benzene rings is 9. The lowest BCUT2D eigenvalue weighted by Gasteiger charge is -2.17. The number of rotatable bonds is 7. The maximum Gasteiger partial charge on any atom is 0.160 e. The zero-order valence-corrected chi connectivity index (χ0v) is 37.9. The monoisotopic (exact) mass is 895 g/mol. The molecule has 0 atom stereocenters. The predicted octanol–water partition coefficient (Wildman–Crippen LogP) is 17.7. The highest BCUT2D eigenvalue weighted by Gasteiger charge is 2.23. The number of aromatic nitrogens is 3. The van der Waals surface area contributed by atoms with Crippen molar-refractivity contribution in [2.75, 3.05) is 0 Å². The Morgan fingerprint density at radius 3 is 1.77 bits per heavy atom. The lowest BCUT2D eigenvalue weighted by molar-refractivity contribution is 0.669. The molecule has 328 valence electrons. The van der Waals surface area contributed by atoms with Crippen LogP contribution >= 0.6 is 0 Å². The Morgan fingerprint density at radius 2 is 1.00 bits per heavy atom. The van der Waals surface area contributed by atoms with Crippen molar-refractivity contribution in [3.05, 3.63) is 230 Å². The first-order valence-corrected chi connectivity index (χ1v) is 23.9. The van der Waals surface area contributed by atoms with Crippen LogP contribution in [0.15, 0.2) is 233 Å². The number of para-hydroxylation sites is 4. The van der Waals surface area contributed by atoms with Crippen molar-refractivity contribution in [1.82, 2.24) is 15.0 Å². The summed E-state index contributed by atoms with van der Waals surface area (Å²) in [4.78, 5) is 15.7. The lowest BCUT2D eigenvalue weighted by atomic mass is 9.87. The van der Waals surface area contributed by atoms with Gasteiger partial charge in [0.25, 0.3) is 0 Å². The van der Waals surface area contributed by atoms with E-state index in [1.165, 1.54) is 16.5 Å². The van der Waals surface area contributed by atoms with Gasteiger partial charge in [0.1, 0.15) is 22.3 Å². The van der Waals surface area contributed by atoms with Crippen LogP contribution in [0.2, 0.25) is 0 Å². The molecule has 4 heterocycles. The lowest BCUT2D eigenvalue weighted by Crippen LogP contribution is -1.96. The first-order valence-electron chi connectivity index (χ1n) is 23.9. The zero-order chi connectivity index (χ0) is 46.1. The Labute approximate surface area is 403 Å². The number of hydrogen-bond acceptors (Lipinski definition) is 5. The van der Waals surface area contributed by atoms with E-state index in [0.717, 1.165) is 135 Å².